The highest BCUT2D eigenvalue weighted by atomic mass is 16.1. The molecule has 0 spiro atoms. The van der Waals surface area contributed by atoms with E-state index in [0.717, 1.165) is 12.1 Å². The minimum absolute atomic E-state index is 0.277. The number of pyridine rings is 1. The number of nitrogens with one attached hydrogen (secondary N) is 1. The van der Waals surface area contributed by atoms with Crippen LogP contribution in [0.15, 0.2) is 18.3 Å². The minimum Gasteiger partial charge on any atom is -0.385 e. The van der Waals surface area contributed by atoms with Crippen LogP contribution in [0.2, 0.25) is 0 Å². The Kier molecular flexibility index (Phi) is 3.72. The number of hydrogen-bond acceptors (Lipinski definition) is 4. The second-order valence-electron chi connectivity index (χ2n) is 2.97. The molecule has 0 atom stereocenters. The molecule has 0 aliphatic carbocycles. The van der Waals surface area contributed by atoms with Gasteiger partial charge in [-0.3, -0.25) is 4.79 Å². The average molecular weight is 194 g/mol. The molecule has 0 saturated carbocycles. The molecular formula is C9H14N4O. The Bertz CT molecular complexity index is 313. The summed E-state index contributed by atoms with van der Waals surface area (Å²) in [5, 5.41) is 3.11. The predicted octanol–water partition coefficient (Wildman–Crippen LogP) is 0.341. The highest BCUT2D eigenvalue weighted by Crippen LogP contribution is 2.08. The Morgan fingerprint density at radius 2 is 2.36 bits per heavy atom. The van der Waals surface area contributed by atoms with Gasteiger partial charge in [0.1, 0.15) is 5.82 Å². The number of hydrogen-bond donors (Lipinski definition) is 3. The third-order valence-corrected chi connectivity index (χ3v) is 1.71. The molecule has 0 bridgehead atoms. The van der Waals surface area contributed by atoms with E-state index in [1.165, 1.54) is 0 Å². The lowest BCUT2D eigenvalue weighted by atomic mass is 10.3. The fraction of sp³-hybridized carbons (Fsp3) is 0.333. The first-order valence-electron chi connectivity index (χ1n) is 4.42. The summed E-state index contributed by atoms with van der Waals surface area (Å²) in [6.45, 7) is 0.701. The van der Waals surface area contributed by atoms with Gasteiger partial charge in [-0.2, -0.15) is 0 Å². The van der Waals surface area contributed by atoms with E-state index >= 15 is 0 Å². The number of aromatic nitrogens is 1. The van der Waals surface area contributed by atoms with Crippen molar-refractivity contribution in [2.75, 3.05) is 17.6 Å². The topological polar surface area (TPSA) is 94.0 Å². The largest absolute Gasteiger partial charge is 0.385 e. The first kappa shape index (κ1) is 10.3. The Balaban J connectivity index is 2.28. The maximum absolute atomic E-state index is 10.4. The lowest BCUT2D eigenvalue weighted by molar-refractivity contribution is -0.118. The molecule has 5 N–H and O–H groups in total. The van der Waals surface area contributed by atoms with Crippen molar-refractivity contribution in [3.8, 4) is 0 Å². The molecule has 0 aliphatic rings. The van der Waals surface area contributed by atoms with Crippen molar-refractivity contribution in [1.82, 2.24) is 4.98 Å². The molecule has 1 aromatic heterocycles. The summed E-state index contributed by atoms with van der Waals surface area (Å²) in [5.41, 5.74) is 11.4. The van der Waals surface area contributed by atoms with Crippen molar-refractivity contribution in [2.24, 2.45) is 5.73 Å². The van der Waals surface area contributed by atoms with Gasteiger partial charge in [0.25, 0.3) is 0 Å². The van der Waals surface area contributed by atoms with Crippen LogP contribution in [0.1, 0.15) is 12.8 Å². The summed E-state index contributed by atoms with van der Waals surface area (Å²) in [6.07, 6.45) is 2.75. The third kappa shape index (κ3) is 3.75. The monoisotopic (exact) mass is 194 g/mol. The van der Waals surface area contributed by atoms with Gasteiger partial charge in [0.2, 0.25) is 5.91 Å². The first-order chi connectivity index (χ1) is 6.68. The van der Waals surface area contributed by atoms with E-state index in [-0.39, 0.29) is 5.91 Å². The zero-order valence-electron chi connectivity index (χ0n) is 7.86. The second kappa shape index (κ2) is 5.06. The van der Waals surface area contributed by atoms with E-state index in [1.807, 2.05) is 6.07 Å². The van der Waals surface area contributed by atoms with Crippen LogP contribution in [0.25, 0.3) is 0 Å². The predicted molar refractivity (Wildman–Crippen MR) is 55.6 cm³/mol. The van der Waals surface area contributed by atoms with Gasteiger partial charge in [0.15, 0.2) is 0 Å². The molecule has 0 saturated heterocycles. The van der Waals surface area contributed by atoms with Crippen LogP contribution >= 0.6 is 0 Å². The van der Waals surface area contributed by atoms with Crippen LogP contribution < -0.4 is 16.8 Å². The summed E-state index contributed by atoms with van der Waals surface area (Å²) in [4.78, 5) is 14.3. The van der Waals surface area contributed by atoms with Gasteiger partial charge < -0.3 is 16.8 Å². The van der Waals surface area contributed by atoms with Crippen LogP contribution in [-0.2, 0) is 4.79 Å². The summed E-state index contributed by atoms with van der Waals surface area (Å²) < 4.78 is 0. The van der Waals surface area contributed by atoms with Gasteiger partial charge in [-0.1, -0.05) is 0 Å². The molecule has 1 aromatic rings. The number of carbonyl (C=O) groups is 1. The van der Waals surface area contributed by atoms with E-state index in [2.05, 4.69) is 10.3 Å². The standard InChI is InChI=1S/C9H14N4O/c10-8-6-7(3-5-13-8)12-4-1-2-9(11)14/h3,5-6H,1-2,4H2,(H2,11,14)(H3,10,12,13). The molecule has 14 heavy (non-hydrogen) atoms. The highest BCUT2D eigenvalue weighted by molar-refractivity contribution is 5.73. The molecule has 5 nitrogen and oxygen atoms in total. The zero-order chi connectivity index (χ0) is 10.4. The quantitative estimate of drug-likeness (QED) is 0.589. The smallest absolute Gasteiger partial charge is 0.217 e. The fourth-order valence-corrected chi connectivity index (χ4v) is 1.05. The van der Waals surface area contributed by atoms with E-state index in [1.54, 1.807) is 12.3 Å². The molecule has 0 unspecified atom stereocenters. The minimum atomic E-state index is -0.277. The molecule has 1 amide bonds. The fourth-order valence-electron chi connectivity index (χ4n) is 1.05. The summed E-state index contributed by atoms with van der Waals surface area (Å²) in [5.74, 6) is 0.200. The number of nitrogens with two attached hydrogens (primary N) is 2. The van der Waals surface area contributed by atoms with Crippen LogP contribution in [0.4, 0.5) is 11.5 Å². The van der Waals surface area contributed by atoms with Crippen LogP contribution in [0.3, 0.4) is 0 Å². The Hall–Kier alpha value is -1.78. The second-order valence-corrected chi connectivity index (χ2v) is 2.97. The number of anilines is 2. The molecule has 0 aliphatic heterocycles. The molecule has 5 heteroatoms. The Labute approximate surface area is 82.5 Å². The van der Waals surface area contributed by atoms with E-state index < -0.39 is 0 Å². The van der Waals surface area contributed by atoms with E-state index in [4.69, 9.17) is 11.5 Å². The summed E-state index contributed by atoms with van der Waals surface area (Å²) in [6, 6.07) is 3.56. The van der Waals surface area contributed by atoms with Gasteiger partial charge in [-0.25, -0.2) is 4.98 Å². The third-order valence-electron chi connectivity index (χ3n) is 1.71. The van der Waals surface area contributed by atoms with Crippen molar-refractivity contribution >= 4 is 17.4 Å². The van der Waals surface area contributed by atoms with Gasteiger partial charge in [-0.15, -0.1) is 0 Å². The van der Waals surface area contributed by atoms with Crippen LogP contribution in [0.5, 0.6) is 0 Å². The van der Waals surface area contributed by atoms with Crippen molar-refractivity contribution in [2.45, 2.75) is 12.8 Å². The number of primary amides is 1. The number of carbonyl (C=O) groups excluding carboxylic acids is 1. The van der Waals surface area contributed by atoms with Gasteiger partial charge in [-0.05, 0) is 12.5 Å². The summed E-state index contributed by atoms with van der Waals surface area (Å²) in [7, 11) is 0. The number of nitrogens with zero attached hydrogens (tertiary/aromatic N) is 1. The summed E-state index contributed by atoms with van der Waals surface area (Å²) >= 11 is 0. The molecule has 1 heterocycles. The Morgan fingerprint density at radius 1 is 1.57 bits per heavy atom. The van der Waals surface area contributed by atoms with Gasteiger partial charge >= 0.3 is 0 Å². The number of amides is 1. The SMILES string of the molecule is NC(=O)CCCNc1ccnc(N)c1. The molecule has 1 rings (SSSR count). The highest BCUT2D eigenvalue weighted by Gasteiger charge is 1.95. The number of nitrogen functional groups attached to an aromatic ring is 1. The molecule has 0 fully saturated rings. The van der Waals surface area contributed by atoms with Gasteiger partial charge in [0.05, 0.1) is 0 Å². The van der Waals surface area contributed by atoms with Crippen molar-refractivity contribution < 1.29 is 4.79 Å². The Morgan fingerprint density at radius 3 is 3.00 bits per heavy atom. The van der Waals surface area contributed by atoms with Crippen molar-refractivity contribution in [1.29, 1.82) is 0 Å². The maximum Gasteiger partial charge on any atom is 0.217 e. The zero-order valence-corrected chi connectivity index (χ0v) is 7.86. The van der Waals surface area contributed by atoms with E-state index in [9.17, 15) is 4.79 Å². The van der Waals surface area contributed by atoms with Crippen molar-refractivity contribution in [3.05, 3.63) is 18.3 Å². The molecule has 76 valence electrons. The normalized spacial score (nSPS) is 9.71. The average Bonchev–Trinajstić information content (AvgIpc) is 2.12. The lowest BCUT2D eigenvalue weighted by Gasteiger charge is -2.05. The molecule has 0 radical (unpaired) electrons. The van der Waals surface area contributed by atoms with Crippen LogP contribution in [-0.4, -0.2) is 17.4 Å². The molecular weight excluding hydrogens is 180 g/mol. The molecule has 0 aromatic carbocycles. The lowest BCUT2D eigenvalue weighted by Crippen LogP contribution is -2.12. The van der Waals surface area contributed by atoms with Crippen molar-refractivity contribution in [3.63, 3.8) is 0 Å². The number of rotatable bonds is 5. The van der Waals surface area contributed by atoms with E-state index in [0.29, 0.717) is 18.8 Å². The van der Waals surface area contributed by atoms with Crippen LogP contribution in [0, 0.1) is 0 Å². The maximum atomic E-state index is 10.4. The van der Waals surface area contributed by atoms with Gasteiger partial charge in [0, 0.05) is 30.9 Å². The first-order valence-corrected chi connectivity index (χ1v) is 4.42.